The molecule has 3 rings (SSSR count). The summed E-state index contributed by atoms with van der Waals surface area (Å²) >= 11 is 0. The van der Waals surface area contributed by atoms with Crippen LogP contribution in [0.15, 0.2) is 42.5 Å². The van der Waals surface area contributed by atoms with E-state index >= 15 is 0 Å². The maximum Gasteiger partial charge on any atom is 0.228 e. The lowest BCUT2D eigenvalue weighted by Gasteiger charge is -2.21. The molecule has 1 heterocycles. The molecule has 0 radical (unpaired) electrons. The maximum atomic E-state index is 12.2. The fourth-order valence-electron chi connectivity index (χ4n) is 2.65. The molecule has 4 heteroatoms. The summed E-state index contributed by atoms with van der Waals surface area (Å²) in [5.74, 6) is 0.0416. The Balaban J connectivity index is 1.75. The topological polar surface area (TPSA) is 61.4 Å². The van der Waals surface area contributed by atoms with Crippen molar-refractivity contribution in [3.63, 3.8) is 0 Å². The lowest BCUT2D eigenvalue weighted by atomic mass is 10.0. The molecule has 21 heavy (non-hydrogen) atoms. The van der Waals surface area contributed by atoms with Crippen LogP contribution in [0.3, 0.4) is 0 Å². The molecule has 0 saturated carbocycles. The van der Waals surface area contributed by atoms with Crippen LogP contribution in [0.4, 0.5) is 11.4 Å². The molecule has 2 aromatic rings. The number of aromatic hydroxyl groups is 1. The van der Waals surface area contributed by atoms with Gasteiger partial charge in [-0.15, -0.1) is 0 Å². The van der Waals surface area contributed by atoms with Crippen molar-refractivity contribution in [2.75, 3.05) is 17.2 Å². The molecule has 1 aliphatic rings. The van der Waals surface area contributed by atoms with Crippen LogP contribution in [0.1, 0.15) is 17.5 Å². The van der Waals surface area contributed by atoms with Gasteiger partial charge in [0.25, 0.3) is 0 Å². The highest BCUT2D eigenvalue weighted by molar-refractivity contribution is 5.94. The van der Waals surface area contributed by atoms with Gasteiger partial charge in [0.2, 0.25) is 5.91 Å². The molecule has 0 aliphatic carbocycles. The van der Waals surface area contributed by atoms with Gasteiger partial charge in [-0.1, -0.05) is 24.3 Å². The number of para-hydroxylation sites is 1. The zero-order valence-electron chi connectivity index (χ0n) is 11.7. The van der Waals surface area contributed by atoms with Crippen LogP contribution in [0, 0.1) is 0 Å². The van der Waals surface area contributed by atoms with Gasteiger partial charge >= 0.3 is 0 Å². The third kappa shape index (κ3) is 2.99. The van der Waals surface area contributed by atoms with E-state index in [0.29, 0.717) is 5.56 Å². The number of hydrogen-bond donors (Lipinski definition) is 3. The summed E-state index contributed by atoms with van der Waals surface area (Å²) in [5, 5.41) is 16.0. The molecule has 0 fully saturated rings. The van der Waals surface area contributed by atoms with Crippen molar-refractivity contribution in [2.45, 2.75) is 19.3 Å². The number of phenolic OH excluding ortho intramolecular Hbond substituents is 1. The first-order valence-corrected chi connectivity index (χ1v) is 7.16. The van der Waals surface area contributed by atoms with E-state index in [9.17, 15) is 9.90 Å². The second-order valence-electron chi connectivity index (χ2n) is 5.22. The summed E-state index contributed by atoms with van der Waals surface area (Å²) in [7, 11) is 0. The number of fused-ring (bicyclic) bond motifs is 1. The van der Waals surface area contributed by atoms with Gasteiger partial charge in [0.05, 0.1) is 6.42 Å². The summed E-state index contributed by atoms with van der Waals surface area (Å²) < 4.78 is 0. The van der Waals surface area contributed by atoms with Crippen LogP contribution in [0.2, 0.25) is 0 Å². The Morgan fingerprint density at radius 1 is 1.19 bits per heavy atom. The van der Waals surface area contributed by atoms with Crippen molar-refractivity contribution in [3.8, 4) is 5.75 Å². The number of carbonyl (C=O) groups excluding carboxylic acids is 1. The number of rotatable bonds is 3. The molecular formula is C17H18N2O2. The number of nitrogens with one attached hydrogen (secondary N) is 2. The molecule has 1 amide bonds. The number of hydrogen-bond acceptors (Lipinski definition) is 3. The van der Waals surface area contributed by atoms with Crippen molar-refractivity contribution in [1.82, 2.24) is 0 Å². The normalized spacial score (nSPS) is 13.1. The van der Waals surface area contributed by atoms with Gasteiger partial charge in [-0.3, -0.25) is 4.79 Å². The summed E-state index contributed by atoms with van der Waals surface area (Å²) in [6.07, 6.45) is 2.21. The van der Waals surface area contributed by atoms with Crippen LogP contribution in [-0.2, 0) is 17.6 Å². The maximum absolute atomic E-state index is 12.2. The Bertz CT molecular complexity index is 668. The van der Waals surface area contributed by atoms with Gasteiger partial charge in [0.1, 0.15) is 5.75 Å². The second-order valence-corrected chi connectivity index (χ2v) is 5.22. The largest absolute Gasteiger partial charge is 0.508 e. The van der Waals surface area contributed by atoms with E-state index in [1.54, 1.807) is 18.2 Å². The van der Waals surface area contributed by atoms with E-state index in [-0.39, 0.29) is 18.1 Å². The summed E-state index contributed by atoms with van der Waals surface area (Å²) in [6, 6.07) is 12.8. The first-order chi connectivity index (χ1) is 10.2. The van der Waals surface area contributed by atoms with E-state index in [1.165, 1.54) is 0 Å². The number of amides is 1. The van der Waals surface area contributed by atoms with E-state index in [2.05, 4.69) is 10.6 Å². The summed E-state index contributed by atoms with van der Waals surface area (Å²) in [5.41, 5.74) is 3.76. The molecule has 0 bridgehead atoms. The molecule has 3 N–H and O–H groups in total. The van der Waals surface area contributed by atoms with E-state index in [0.717, 1.165) is 36.3 Å². The molecule has 4 nitrogen and oxygen atoms in total. The van der Waals surface area contributed by atoms with E-state index in [1.807, 2.05) is 24.3 Å². The first-order valence-electron chi connectivity index (χ1n) is 7.16. The molecule has 2 aromatic carbocycles. The molecule has 0 unspecified atom stereocenters. The lowest BCUT2D eigenvalue weighted by Crippen LogP contribution is -2.18. The fraction of sp³-hybridized carbons (Fsp3) is 0.235. The Labute approximate surface area is 123 Å². The average molecular weight is 282 g/mol. The van der Waals surface area contributed by atoms with Crippen molar-refractivity contribution < 1.29 is 9.90 Å². The molecule has 0 saturated heterocycles. The molecule has 0 atom stereocenters. The zero-order chi connectivity index (χ0) is 14.7. The zero-order valence-corrected chi connectivity index (χ0v) is 11.7. The summed E-state index contributed by atoms with van der Waals surface area (Å²) in [6.45, 7) is 0.974. The predicted octanol–water partition coefficient (Wildman–Crippen LogP) is 2.93. The van der Waals surface area contributed by atoms with Gasteiger partial charge < -0.3 is 15.7 Å². The van der Waals surface area contributed by atoms with Crippen molar-refractivity contribution in [1.29, 1.82) is 0 Å². The number of anilines is 2. The highest BCUT2D eigenvalue weighted by Gasteiger charge is 2.14. The molecule has 1 aliphatic heterocycles. The minimum atomic E-state index is -0.115. The second kappa shape index (κ2) is 5.87. The number of phenols is 1. The SMILES string of the molecule is O=C(Cc1ccccc1O)Nc1cccc2c1CCCN2. The smallest absolute Gasteiger partial charge is 0.228 e. The highest BCUT2D eigenvalue weighted by atomic mass is 16.3. The summed E-state index contributed by atoms with van der Waals surface area (Å²) in [4.78, 5) is 12.2. The fourth-order valence-corrected chi connectivity index (χ4v) is 2.65. The monoisotopic (exact) mass is 282 g/mol. The minimum absolute atomic E-state index is 0.115. The van der Waals surface area contributed by atoms with Crippen molar-refractivity contribution in [3.05, 3.63) is 53.6 Å². The third-order valence-electron chi connectivity index (χ3n) is 3.71. The number of carbonyl (C=O) groups is 1. The van der Waals surface area contributed by atoms with Crippen LogP contribution in [0.5, 0.6) is 5.75 Å². The Kier molecular flexibility index (Phi) is 3.77. The first kappa shape index (κ1) is 13.5. The molecule has 108 valence electrons. The average Bonchev–Trinajstić information content (AvgIpc) is 2.50. The van der Waals surface area contributed by atoms with Crippen LogP contribution in [0.25, 0.3) is 0 Å². The van der Waals surface area contributed by atoms with E-state index in [4.69, 9.17) is 0 Å². The van der Waals surface area contributed by atoms with Gasteiger partial charge in [-0.2, -0.15) is 0 Å². The van der Waals surface area contributed by atoms with Gasteiger partial charge in [-0.25, -0.2) is 0 Å². The molecular weight excluding hydrogens is 264 g/mol. The molecule has 0 spiro atoms. The third-order valence-corrected chi connectivity index (χ3v) is 3.71. The van der Waals surface area contributed by atoms with Gasteiger partial charge in [0.15, 0.2) is 0 Å². The van der Waals surface area contributed by atoms with Crippen molar-refractivity contribution in [2.24, 2.45) is 0 Å². The van der Waals surface area contributed by atoms with Crippen molar-refractivity contribution >= 4 is 17.3 Å². The predicted molar refractivity (Wildman–Crippen MR) is 83.7 cm³/mol. The molecule has 0 aromatic heterocycles. The van der Waals surface area contributed by atoms with Crippen LogP contribution < -0.4 is 10.6 Å². The standard InChI is InChI=1S/C17H18N2O2/c20-16-9-2-1-5-12(16)11-17(21)19-15-8-3-7-14-13(15)6-4-10-18-14/h1-3,5,7-9,18,20H,4,6,10-11H2,(H,19,21). The Hall–Kier alpha value is -2.49. The highest BCUT2D eigenvalue weighted by Crippen LogP contribution is 2.29. The van der Waals surface area contributed by atoms with Crippen LogP contribution >= 0.6 is 0 Å². The lowest BCUT2D eigenvalue weighted by molar-refractivity contribution is -0.115. The minimum Gasteiger partial charge on any atom is -0.508 e. The van der Waals surface area contributed by atoms with Gasteiger partial charge in [-0.05, 0) is 36.6 Å². The number of benzene rings is 2. The Morgan fingerprint density at radius 3 is 2.90 bits per heavy atom. The van der Waals surface area contributed by atoms with E-state index < -0.39 is 0 Å². The van der Waals surface area contributed by atoms with Crippen LogP contribution in [-0.4, -0.2) is 17.6 Å². The Morgan fingerprint density at radius 2 is 2.05 bits per heavy atom. The van der Waals surface area contributed by atoms with Gasteiger partial charge in [0, 0.05) is 23.5 Å². The quantitative estimate of drug-likeness (QED) is 0.811.